The molecule has 1 unspecified atom stereocenters. The van der Waals surface area contributed by atoms with E-state index in [1.165, 1.54) is 5.56 Å². The van der Waals surface area contributed by atoms with E-state index in [2.05, 4.69) is 12.1 Å². The van der Waals surface area contributed by atoms with Crippen molar-refractivity contribution >= 4 is 11.1 Å². The Morgan fingerprint density at radius 2 is 1.74 bits per heavy atom. The molecule has 3 rings (SSSR count). The fourth-order valence-corrected chi connectivity index (χ4v) is 3.51. The molecule has 0 aromatic heterocycles. The lowest BCUT2D eigenvalue weighted by atomic mass is 9.83. The van der Waals surface area contributed by atoms with E-state index < -0.39 is 11.1 Å². The monoisotopic (exact) mass is 330 g/mol. The van der Waals surface area contributed by atoms with Gasteiger partial charge in [0.2, 0.25) is 0 Å². The molecule has 1 atom stereocenters. The van der Waals surface area contributed by atoms with Crippen molar-refractivity contribution in [2.24, 2.45) is 5.92 Å². The molecule has 2 aromatic rings. The van der Waals surface area contributed by atoms with Gasteiger partial charge in [0.25, 0.3) is 0 Å². The Morgan fingerprint density at radius 1 is 1.04 bits per heavy atom. The maximum Gasteiger partial charge on any atom is 0.189 e. The molecular weight excluding hydrogens is 308 g/mol. The molecule has 0 radical (unpaired) electrons. The van der Waals surface area contributed by atoms with Crippen LogP contribution in [0.15, 0.2) is 59.5 Å². The highest BCUT2D eigenvalue weighted by Crippen LogP contribution is 2.32. The van der Waals surface area contributed by atoms with Crippen molar-refractivity contribution in [2.75, 3.05) is 6.61 Å². The van der Waals surface area contributed by atoms with Gasteiger partial charge in [-0.25, -0.2) is 4.21 Å². The maximum atomic E-state index is 12.1. The van der Waals surface area contributed by atoms with E-state index in [4.69, 9.17) is 8.92 Å². The molecule has 1 aliphatic rings. The van der Waals surface area contributed by atoms with Gasteiger partial charge in [0.15, 0.2) is 11.1 Å². The standard InChI is InChI=1S/C19H22O3S/c1-15-7-9-19(10-8-15)23(20)22-18-11-17(12-18)14-21-13-16-5-3-2-4-6-16/h2-10,17-18H,11-14H2,1H3/t17-,18+,23?. The zero-order valence-electron chi connectivity index (χ0n) is 13.3. The molecule has 0 bridgehead atoms. The molecule has 0 amide bonds. The number of benzene rings is 2. The van der Waals surface area contributed by atoms with Gasteiger partial charge in [-0.3, -0.25) is 4.18 Å². The van der Waals surface area contributed by atoms with E-state index in [1.807, 2.05) is 49.4 Å². The second-order valence-electron chi connectivity index (χ2n) is 6.10. The zero-order chi connectivity index (χ0) is 16.1. The van der Waals surface area contributed by atoms with Crippen molar-refractivity contribution in [1.29, 1.82) is 0 Å². The van der Waals surface area contributed by atoms with E-state index in [0.29, 0.717) is 12.5 Å². The molecule has 1 saturated carbocycles. The Kier molecular flexibility index (Phi) is 5.60. The van der Waals surface area contributed by atoms with Crippen LogP contribution in [0.1, 0.15) is 24.0 Å². The molecule has 0 saturated heterocycles. The van der Waals surface area contributed by atoms with Crippen LogP contribution >= 0.6 is 0 Å². The fourth-order valence-electron chi connectivity index (χ4n) is 2.64. The lowest BCUT2D eigenvalue weighted by molar-refractivity contribution is 0.00276. The molecule has 0 N–H and O–H groups in total. The molecular formula is C19H22O3S. The summed E-state index contributed by atoms with van der Waals surface area (Å²) in [5.41, 5.74) is 2.35. The molecule has 0 aliphatic heterocycles. The van der Waals surface area contributed by atoms with Crippen molar-refractivity contribution in [3.05, 3.63) is 65.7 Å². The third-order valence-corrected chi connectivity index (χ3v) is 5.20. The molecule has 2 aromatic carbocycles. The van der Waals surface area contributed by atoms with Crippen molar-refractivity contribution in [3.8, 4) is 0 Å². The van der Waals surface area contributed by atoms with Crippen LogP contribution in [-0.2, 0) is 26.6 Å². The minimum Gasteiger partial charge on any atom is -0.376 e. The molecule has 122 valence electrons. The maximum absolute atomic E-state index is 12.1. The van der Waals surface area contributed by atoms with E-state index in [-0.39, 0.29) is 6.10 Å². The quantitative estimate of drug-likeness (QED) is 0.769. The van der Waals surface area contributed by atoms with Gasteiger partial charge in [-0.05, 0) is 43.4 Å². The Bertz CT molecular complexity index is 633. The predicted octanol–water partition coefficient (Wildman–Crippen LogP) is 4.03. The topological polar surface area (TPSA) is 35.5 Å². The first-order chi connectivity index (χ1) is 11.2. The lowest BCUT2D eigenvalue weighted by Gasteiger charge is -2.33. The lowest BCUT2D eigenvalue weighted by Crippen LogP contribution is -2.34. The van der Waals surface area contributed by atoms with Gasteiger partial charge in [-0.15, -0.1) is 0 Å². The molecule has 1 fully saturated rings. The van der Waals surface area contributed by atoms with Crippen LogP contribution in [0.25, 0.3) is 0 Å². The first-order valence-corrected chi connectivity index (χ1v) is 9.05. The van der Waals surface area contributed by atoms with E-state index >= 15 is 0 Å². The molecule has 1 aliphatic carbocycles. The van der Waals surface area contributed by atoms with Crippen LogP contribution in [0.3, 0.4) is 0 Å². The number of hydrogen-bond acceptors (Lipinski definition) is 3. The summed E-state index contributed by atoms with van der Waals surface area (Å²) >= 11 is -1.36. The first-order valence-electron chi connectivity index (χ1n) is 7.98. The summed E-state index contributed by atoms with van der Waals surface area (Å²) in [5, 5.41) is 0. The average molecular weight is 330 g/mol. The number of hydrogen-bond donors (Lipinski definition) is 0. The minimum atomic E-state index is -1.36. The second-order valence-corrected chi connectivity index (χ2v) is 7.24. The highest BCUT2D eigenvalue weighted by atomic mass is 32.2. The summed E-state index contributed by atoms with van der Waals surface area (Å²) in [6, 6.07) is 17.8. The summed E-state index contributed by atoms with van der Waals surface area (Å²) in [4.78, 5) is 0.736. The molecule has 23 heavy (non-hydrogen) atoms. The summed E-state index contributed by atoms with van der Waals surface area (Å²) in [6.07, 6.45) is 1.93. The molecule has 3 nitrogen and oxygen atoms in total. The van der Waals surface area contributed by atoms with Crippen molar-refractivity contribution in [1.82, 2.24) is 0 Å². The molecule has 0 spiro atoms. The van der Waals surface area contributed by atoms with Gasteiger partial charge < -0.3 is 4.74 Å². The predicted molar refractivity (Wildman–Crippen MR) is 91.3 cm³/mol. The summed E-state index contributed by atoms with van der Waals surface area (Å²) in [5.74, 6) is 0.513. The van der Waals surface area contributed by atoms with E-state index in [1.54, 1.807) is 0 Å². The largest absolute Gasteiger partial charge is 0.376 e. The summed E-state index contributed by atoms with van der Waals surface area (Å²) in [7, 11) is 0. The first kappa shape index (κ1) is 16.4. The molecule has 0 heterocycles. The Balaban J connectivity index is 1.34. The van der Waals surface area contributed by atoms with Gasteiger partial charge in [-0.1, -0.05) is 48.0 Å². The third-order valence-electron chi connectivity index (χ3n) is 4.09. The van der Waals surface area contributed by atoms with Crippen molar-refractivity contribution < 1.29 is 13.1 Å². The van der Waals surface area contributed by atoms with Crippen LogP contribution in [0.5, 0.6) is 0 Å². The zero-order valence-corrected chi connectivity index (χ0v) is 14.1. The van der Waals surface area contributed by atoms with E-state index in [0.717, 1.165) is 29.9 Å². The smallest absolute Gasteiger partial charge is 0.189 e. The highest BCUT2D eigenvalue weighted by Gasteiger charge is 2.32. The number of rotatable bonds is 7. The fraction of sp³-hybridized carbons (Fsp3) is 0.368. The average Bonchev–Trinajstić information content (AvgIpc) is 2.54. The van der Waals surface area contributed by atoms with Gasteiger partial charge in [-0.2, -0.15) is 0 Å². The second kappa shape index (κ2) is 7.86. The van der Waals surface area contributed by atoms with Crippen LogP contribution in [-0.4, -0.2) is 16.9 Å². The summed E-state index contributed by atoms with van der Waals surface area (Å²) in [6.45, 7) is 3.41. The van der Waals surface area contributed by atoms with Gasteiger partial charge in [0.1, 0.15) is 0 Å². The van der Waals surface area contributed by atoms with Crippen molar-refractivity contribution in [2.45, 2.75) is 37.4 Å². The van der Waals surface area contributed by atoms with Crippen LogP contribution in [0.2, 0.25) is 0 Å². The minimum absolute atomic E-state index is 0.0856. The Labute approximate surface area is 140 Å². The molecule has 4 heteroatoms. The van der Waals surface area contributed by atoms with Gasteiger partial charge >= 0.3 is 0 Å². The Hall–Kier alpha value is -1.49. The highest BCUT2D eigenvalue weighted by molar-refractivity contribution is 7.80. The third kappa shape index (κ3) is 4.74. The number of ether oxygens (including phenoxy) is 1. The van der Waals surface area contributed by atoms with Crippen LogP contribution in [0.4, 0.5) is 0 Å². The van der Waals surface area contributed by atoms with Crippen molar-refractivity contribution in [3.63, 3.8) is 0 Å². The van der Waals surface area contributed by atoms with Crippen LogP contribution in [0, 0.1) is 12.8 Å². The normalized spacial score (nSPS) is 21.6. The van der Waals surface area contributed by atoms with Crippen LogP contribution < -0.4 is 0 Å². The van der Waals surface area contributed by atoms with E-state index in [9.17, 15) is 4.21 Å². The Morgan fingerprint density at radius 3 is 2.43 bits per heavy atom. The SMILES string of the molecule is Cc1ccc(S(=O)O[C@H]2C[C@@H](COCc3ccccc3)C2)cc1. The number of aryl methyl sites for hydroxylation is 1. The van der Waals surface area contributed by atoms with Gasteiger partial charge in [0, 0.05) is 0 Å². The summed E-state index contributed by atoms with van der Waals surface area (Å²) < 4.78 is 23.5. The van der Waals surface area contributed by atoms with Gasteiger partial charge in [0.05, 0.1) is 24.2 Å².